The molecule has 0 aliphatic carbocycles. The number of nitrogens with zero attached hydrogens (tertiary/aromatic N) is 13. The van der Waals surface area contributed by atoms with Gasteiger partial charge in [0.25, 0.3) is 0 Å². The van der Waals surface area contributed by atoms with E-state index in [1.807, 2.05) is 126 Å². The van der Waals surface area contributed by atoms with Crippen LogP contribution in [0.15, 0.2) is 157 Å². The molecule has 1 atom stereocenters. The average Bonchev–Trinajstić information content (AvgIpc) is 1.66. The minimum atomic E-state index is -1.15. The van der Waals surface area contributed by atoms with Crippen LogP contribution in [0.3, 0.4) is 0 Å². The van der Waals surface area contributed by atoms with E-state index in [2.05, 4.69) is 127 Å². The Labute approximate surface area is 708 Å². The number of aliphatic hydroxyl groups excluding tert-OH is 1. The first-order valence-corrected chi connectivity index (χ1v) is 38.7. The van der Waals surface area contributed by atoms with Gasteiger partial charge in [0.1, 0.15) is 28.7 Å². The number of alkyl halides is 1. The molecule has 624 valence electrons. The summed E-state index contributed by atoms with van der Waals surface area (Å²) in [5.74, 6) is 1.37. The van der Waals surface area contributed by atoms with E-state index in [9.17, 15) is 24.0 Å². The molecule has 0 aliphatic rings. The van der Waals surface area contributed by atoms with E-state index in [4.69, 9.17) is 91.4 Å². The third-order valence-electron chi connectivity index (χ3n) is 15.6. The maximum Gasteiger partial charge on any atom is 0.358 e. The maximum absolute atomic E-state index is 12.5. The van der Waals surface area contributed by atoms with Gasteiger partial charge in [-0.25, -0.2) is 47.7 Å². The molecule has 0 aliphatic heterocycles. The molecule has 7 aromatic heterocycles. The quantitative estimate of drug-likeness (QED) is 0.0105. The van der Waals surface area contributed by atoms with Gasteiger partial charge in [0.2, 0.25) is 0 Å². The number of ether oxygens (including phenoxy) is 7. The zero-order chi connectivity index (χ0) is 86.4. The predicted octanol–water partition coefficient (Wildman–Crippen LogP) is 15.1. The summed E-state index contributed by atoms with van der Waals surface area (Å²) < 4.78 is 40.0. The van der Waals surface area contributed by atoms with E-state index in [0.29, 0.717) is 69.3 Å². The SMILES string of the molecule is CCO.CCOC(=O)C(Cl)C=O.CCOC(=O)c1cnc2c(C)cc(Cl)nn12.CCOC(=O)c1cnc2c(N(C)Cc3ccc(OC)cc3)cc(Cl)nn12.CCOC(=O)c1cnc2c(N(C)Cc3ccc(OC)cc3)cc(Nc3cc(C)cc(C)c3)nn12.CNCc1ccc(OC)cc1.Cc1cc(C)cc(N)c1.Nc1nnc(Cl)cc1Br. The van der Waals surface area contributed by atoms with Crippen LogP contribution in [0.25, 0.3) is 16.9 Å². The molecular formula is C82H98BrCl4N17O13. The lowest BCUT2D eigenvalue weighted by Gasteiger charge is -2.21. The number of aryl methyl sites for hydroxylation is 5. The smallest absolute Gasteiger partial charge is 0.358 e. The number of carbonyl (C=O) groups is 5. The van der Waals surface area contributed by atoms with Gasteiger partial charge in [0.05, 0.1) is 82.2 Å². The molecular weight excluding hydrogens is 1650 g/mol. The number of esters is 4. The molecule has 0 saturated heterocycles. The van der Waals surface area contributed by atoms with Crippen LogP contribution in [0.5, 0.6) is 17.2 Å². The van der Waals surface area contributed by atoms with Gasteiger partial charge in [-0.05, 0) is 210 Å². The number of nitrogens with two attached hydrogens (primary N) is 2. The van der Waals surface area contributed by atoms with Crippen LogP contribution >= 0.6 is 62.3 Å². The molecule has 1 unspecified atom stereocenters. The number of anilines is 6. The Balaban J connectivity index is 0.000000259. The van der Waals surface area contributed by atoms with Crippen molar-refractivity contribution < 1.29 is 62.2 Å². The number of hydrogen-bond donors (Lipinski definition) is 5. The third-order valence-corrected chi connectivity index (χ3v) is 17.0. The fourth-order valence-electron chi connectivity index (χ4n) is 10.6. The molecule has 0 bridgehead atoms. The Morgan fingerprint density at radius 1 is 0.530 bits per heavy atom. The number of benzene rings is 5. The summed E-state index contributed by atoms with van der Waals surface area (Å²) >= 11 is 25.7. The van der Waals surface area contributed by atoms with Crippen LogP contribution in [0.1, 0.15) is 111 Å². The number of hydrogen-bond acceptors (Lipinski definition) is 27. The monoisotopic (exact) mass is 1750 g/mol. The zero-order valence-electron chi connectivity index (χ0n) is 67.9. The lowest BCUT2D eigenvalue weighted by molar-refractivity contribution is -0.143. The van der Waals surface area contributed by atoms with Crippen LogP contribution in [0, 0.1) is 34.6 Å². The molecule has 7 N–H and O–H groups in total. The zero-order valence-corrected chi connectivity index (χ0v) is 72.6. The van der Waals surface area contributed by atoms with E-state index in [0.717, 1.165) is 74.4 Å². The fraction of sp³-hybridized carbons (Fsp3) is 0.305. The molecule has 5 aromatic carbocycles. The highest BCUT2D eigenvalue weighted by Crippen LogP contribution is 2.30. The molecule has 35 heteroatoms. The van der Waals surface area contributed by atoms with E-state index in [-0.39, 0.29) is 48.7 Å². The highest BCUT2D eigenvalue weighted by molar-refractivity contribution is 9.10. The van der Waals surface area contributed by atoms with Gasteiger partial charge in [-0.2, -0.15) is 10.2 Å². The van der Waals surface area contributed by atoms with Crippen molar-refractivity contribution in [1.82, 2.24) is 59.3 Å². The van der Waals surface area contributed by atoms with Gasteiger partial charge >= 0.3 is 23.9 Å². The Bertz CT molecular complexity index is 5110. The summed E-state index contributed by atoms with van der Waals surface area (Å²) in [4.78, 5) is 73.4. The highest BCUT2D eigenvalue weighted by atomic mass is 79.9. The van der Waals surface area contributed by atoms with Gasteiger partial charge < -0.3 is 75.0 Å². The summed E-state index contributed by atoms with van der Waals surface area (Å²) in [5.41, 5.74) is 25.8. The van der Waals surface area contributed by atoms with Crippen LogP contribution in [0.4, 0.5) is 34.4 Å². The number of fused-ring (bicyclic) bond motifs is 3. The first-order valence-electron chi connectivity index (χ1n) is 36.3. The van der Waals surface area contributed by atoms with E-state index in [1.165, 1.54) is 44.3 Å². The molecule has 0 fully saturated rings. The molecule has 7 heterocycles. The van der Waals surface area contributed by atoms with Crippen LogP contribution in [-0.2, 0) is 48.2 Å². The fourth-order valence-corrected chi connectivity index (χ4v) is 11.6. The van der Waals surface area contributed by atoms with Crippen LogP contribution in [0.2, 0.25) is 15.5 Å². The van der Waals surface area contributed by atoms with Crippen molar-refractivity contribution in [3.05, 3.63) is 234 Å². The molecule has 30 nitrogen and oxygen atoms in total. The summed E-state index contributed by atoms with van der Waals surface area (Å²) in [5, 5.41) is 33.7. The minimum absolute atomic E-state index is 0.239. The number of nitrogens with one attached hydrogen (secondary N) is 2. The number of imidazole rings is 3. The molecule has 12 aromatic rings. The lowest BCUT2D eigenvalue weighted by Crippen LogP contribution is -2.19. The largest absolute Gasteiger partial charge is 0.497 e. The highest BCUT2D eigenvalue weighted by Gasteiger charge is 2.23. The minimum Gasteiger partial charge on any atom is -0.497 e. The first kappa shape index (κ1) is 96.1. The van der Waals surface area contributed by atoms with E-state index < -0.39 is 29.3 Å². The second-order valence-electron chi connectivity index (χ2n) is 24.9. The maximum atomic E-state index is 12.5. The molecule has 0 radical (unpaired) electrons. The normalized spacial score (nSPS) is 10.5. The molecule has 0 amide bonds. The number of carbonyl (C=O) groups excluding carboxylic acids is 5. The van der Waals surface area contributed by atoms with E-state index >= 15 is 0 Å². The third kappa shape index (κ3) is 30.6. The van der Waals surface area contributed by atoms with Crippen molar-refractivity contribution in [2.24, 2.45) is 0 Å². The lowest BCUT2D eigenvalue weighted by atomic mass is 10.1. The van der Waals surface area contributed by atoms with Gasteiger partial charge in [0, 0.05) is 63.8 Å². The van der Waals surface area contributed by atoms with Crippen molar-refractivity contribution in [2.75, 3.05) is 102 Å². The van der Waals surface area contributed by atoms with E-state index in [1.54, 1.807) is 78.7 Å². The molecule has 117 heavy (non-hydrogen) atoms. The topological polar surface area (TPSA) is 369 Å². The van der Waals surface area contributed by atoms with Crippen molar-refractivity contribution in [3.8, 4) is 17.2 Å². The van der Waals surface area contributed by atoms with Crippen molar-refractivity contribution >= 4 is 144 Å². The predicted molar refractivity (Wildman–Crippen MR) is 461 cm³/mol. The Kier molecular flexibility index (Phi) is 40.6. The second kappa shape index (κ2) is 49.5. The summed E-state index contributed by atoms with van der Waals surface area (Å²) in [6.07, 6.45) is 4.72. The summed E-state index contributed by atoms with van der Waals surface area (Å²) in [6, 6.07) is 43.0. The molecule has 0 spiro atoms. The van der Waals surface area contributed by atoms with Gasteiger partial charge in [-0.1, -0.05) is 83.3 Å². The molecule has 12 rings (SSSR count). The Hall–Kier alpha value is -11.5. The van der Waals surface area contributed by atoms with Crippen molar-refractivity contribution in [1.29, 1.82) is 0 Å². The standard InChI is InChI=1S/C26H29N5O3.C18H19ClN4O3.C10H10ClN3O2.C9H13NO.C8H11N.C5H7ClO3.C4H3BrClN3.C2H6O/c1-6-34-26(32)23-15-27-25-22(30(4)16-19-7-9-21(33-5)10-8-19)14-24(29-31(23)25)28-20-12-17(2)11-18(3)13-20;1-4-26-18(24)15-10-20-17-14(9-16(19)21-23(15)17)22(2)11-12-5-7-13(25-3)8-6-12;1-3-16-10(15)7-5-12-9-6(2)4-8(11)13-14(7)9;1-10-7-8-3-5-9(11-2)6-4-8;1-6-3-7(2)5-8(9)4-6;1-2-9-5(8)4(6)3-7;5-2-1-3(6)8-9-4(2)7;1-2-3/h7-15H,6,16H2,1-5H3,(H,28,29);5-10H,4,11H2,1-3H3;4-5H,3H2,1-2H3;3-6,10H,7H2,1-2H3;3-5H,9H2,1-2H3;3-4H,2H2,1H3;1H,(H2,7,9);3H,2H2,1H3. The number of methoxy groups -OCH3 is 3. The number of nitrogen functional groups attached to an aromatic ring is 2. The molecule has 0 saturated carbocycles. The second-order valence-corrected chi connectivity index (χ2v) is 27.4. The van der Waals surface area contributed by atoms with Crippen molar-refractivity contribution in [2.45, 2.75) is 94.2 Å². The summed E-state index contributed by atoms with van der Waals surface area (Å²) in [7, 11) is 10.8. The number of halogens is 5. The number of aliphatic hydroxyl groups is 1. The van der Waals surface area contributed by atoms with Crippen LogP contribution < -0.4 is 46.1 Å². The van der Waals surface area contributed by atoms with Crippen molar-refractivity contribution in [3.63, 3.8) is 0 Å². The van der Waals surface area contributed by atoms with Gasteiger partial charge in [-0.3, -0.25) is 0 Å². The summed E-state index contributed by atoms with van der Waals surface area (Å²) in [6.45, 7) is 22.2. The Morgan fingerprint density at radius 2 is 0.915 bits per heavy atom. The first-order chi connectivity index (χ1) is 55.9. The number of aromatic nitrogens is 11. The number of aldehydes is 1. The van der Waals surface area contributed by atoms with Gasteiger partial charge in [0.15, 0.2) is 61.3 Å². The van der Waals surface area contributed by atoms with Crippen LogP contribution in [-0.4, -0.2) is 170 Å². The van der Waals surface area contributed by atoms with Gasteiger partial charge in [-0.15, -0.1) is 26.9 Å². The Morgan fingerprint density at radius 3 is 1.30 bits per heavy atom. The number of rotatable bonds is 22. The average molecular weight is 1750 g/mol.